The number of terminal acetylenes is 1. The first kappa shape index (κ1) is 19.6. The molecule has 0 aliphatic rings. The van der Waals surface area contributed by atoms with Gasteiger partial charge in [0.05, 0.1) is 6.33 Å². The van der Waals surface area contributed by atoms with Gasteiger partial charge in [0.25, 0.3) is 5.56 Å². The number of aromatic nitrogens is 4. The Morgan fingerprint density at radius 3 is 2.86 bits per heavy atom. The van der Waals surface area contributed by atoms with Crippen LogP contribution >= 0.6 is 11.3 Å². The van der Waals surface area contributed by atoms with Crippen LogP contribution in [-0.4, -0.2) is 25.0 Å². The molecule has 1 amide bonds. The van der Waals surface area contributed by atoms with E-state index in [1.54, 1.807) is 23.7 Å². The zero-order valence-electron chi connectivity index (χ0n) is 16.0. The van der Waals surface area contributed by atoms with Gasteiger partial charge in [0.1, 0.15) is 5.82 Å². The number of fused-ring (bicyclic) bond motifs is 1. The summed E-state index contributed by atoms with van der Waals surface area (Å²) in [5.41, 5.74) is 7.49. The number of hydrogen-bond donors (Lipinski definition) is 1. The fraction of sp³-hybridized carbons (Fsp3) is 0.300. The van der Waals surface area contributed by atoms with Crippen LogP contribution in [0.25, 0.3) is 28.6 Å². The molecule has 0 aromatic carbocycles. The van der Waals surface area contributed by atoms with E-state index in [9.17, 15) is 9.59 Å². The molecule has 0 bridgehead atoms. The van der Waals surface area contributed by atoms with Crippen molar-refractivity contribution in [3.05, 3.63) is 38.6 Å². The van der Waals surface area contributed by atoms with Crippen molar-refractivity contribution in [2.24, 2.45) is 5.73 Å². The Kier molecular flexibility index (Phi) is 5.47. The van der Waals surface area contributed by atoms with Crippen LogP contribution in [-0.2, 0) is 11.3 Å². The van der Waals surface area contributed by atoms with Crippen molar-refractivity contribution in [2.45, 2.75) is 39.8 Å². The predicted octanol–water partition coefficient (Wildman–Crippen LogP) is 2.73. The van der Waals surface area contributed by atoms with Gasteiger partial charge < -0.3 is 10.3 Å². The normalized spacial score (nSPS) is 11.5. The zero-order chi connectivity index (χ0) is 20.4. The van der Waals surface area contributed by atoms with Crippen molar-refractivity contribution in [3.8, 4) is 23.7 Å². The fourth-order valence-corrected chi connectivity index (χ4v) is 3.82. The molecular formula is C20H21N5O2S. The molecule has 0 unspecified atom stereocenters. The minimum Gasteiger partial charge on any atom is -0.370 e. The van der Waals surface area contributed by atoms with Gasteiger partial charge in [0, 0.05) is 34.8 Å². The highest BCUT2D eigenvalue weighted by Gasteiger charge is 2.20. The Morgan fingerprint density at radius 1 is 1.46 bits per heavy atom. The number of thiophene rings is 1. The molecule has 0 saturated carbocycles. The maximum Gasteiger partial charge on any atom is 0.281 e. The van der Waals surface area contributed by atoms with Crippen LogP contribution in [0.3, 0.4) is 0 Å². The van der Waals surface area contributed by atoms with Gasteiger partial charge in [-0.3, -0.25) is 14.2 Å². The lowest BCUT2D eigenvalue weighted by Gasteiger charge is -2.13. The highest BCUT2D eigenvalue weighted by molar-refractivity contribution is 7.10. The number of nitrogens with two attached hydrogens (primary N) is 1. The molecule has 8 heteroatoms. The van der Waals surface area contributed by atoms with Crippen molar-refractivity contribution in [2.75, 3.05) is 0 Å². The first-order valence-corrected chi connectivity index (χ1v) is 9.70. The van der Waals surface area contributed by atoms with Crippen molar-refractivity contribution < 1.29 is 4.79 Å². The number of carbonyl (C=O) groups excluding carboxylic acids is 1. The number of rotatable bonds is 6. The summed E-state index contributed by atoms with van der Waals surface area (Å²) in [6, 6.07) is 0.0937. The van der Waals surface area contributed by atoms with E-state index in [4.69, 9.17) is 17.1 Å². The molecule has 0 fully saturated rings. The highest BCUT2D eigenvalue weighted by Crippen LogP contribution is 2.32. The summed E-state index contributed by atoms with van der Waals surface area (Å²) in [6.45, 7) is 6.11. The minimum absolute atomic E-state index is 0.0314. The van der Waals surface area contributed by atoms with Gasteiger partial charge in [-0.1, -0.05) is 5.92 Å². The van der Waals surface area contributed by atoms with Gasteiger partial charge in [-0.05, 0) is 38.5 Å². The Labute approximate surface area is 166 Å². The molecule has 3 rings (SSSR count). The van der Waals surface area contributed by atoms with Gasteiger partial charge in [0.2, 0.25) is 5.91 Å². The second-order valence-corrected chi connectivity index (χ2v) is 7.73. The second-order valence-electron chi connectivity index (χ2n) is 6.65. The van der Waals surface area contributed by atoms with E-state index >= 15 is 0 Å². The summed E-state index contributed by atoms with van der Waals surface area (Å²) in [6.07, 6.45) is 10.5. The van der Waals surface area contributed by atoms with Gasteiger partial charge in [-0.2, -0.15) is 0 Å². The third kappa shape index (κ3) is 3.49. The van der Waals surface area contributed by atoms with Gasteiger partial charge in [-0.25, -0.2) is 9.97 Å². The Morgan fingerprint density at radius 2 is 2.21 bits per heavy atom. The molecule has 0 atom stereocenters. The lowest BCUT2D eigenvalue weighted by Crippen LogP contribution is -2.26. The average Bonchev–Trinajstić information content (AvgIpc) is 3.22. The molecule has 3 heterocycles. The van der Waals surface area contributed by atoms with Crippen LogP contribution in [0.1, 0.15) is 36.8 Å². The van der Waals surface area contributed by atoms with Crippen LogP contribution in [0.5, 0.6) is 0 Å². The van der Waals surface area contributed by atoms with E-state index in [0.29, 0.717) is 11.5 Å². The van der Waals surface area contributed by atoms with Crippen LogP contribution in [0.15, 0.2) is 22.6 Å². The zero-order valence-corrected chi connectivity index (χ0v) is 16.8. The fourth-order valence-electron chi connectivity index (χ4n) is 2.99. The number of aryl methyl sites for hydroxylation is 1. The largest absolute Gasteiger partial charge is 0.370 e. The van der Waals surface area contributed by atoms with E-state index in [1.165, 1.54) is 4.57 Å². The van der Waals surface area contributed by atoms with E-state index in [1.807, 2.05) is 36.8 Å². The third-order valence-corrected chi connectivity index (χ3v) is 5.36. The predicted molar refractivity (Wildman–Crippen MR) is 112 cm³/mol. The smallest absolute Gasteiger partial charge is 0.281 e. The van der Waals surface area contributed by atoms with Gasteiger partial charge >= 0.3 is 0 Å². The first-order valence-electron chi connectivity index (χ1n) is 8.82. The highest BCUT2D eigenvalue weighted by atomic mass is 32.1. The summed E-state index contributed by atoms with van der Waals surface area (Å²) in [4.78, 5) is 34.6. The minimum atomic E-state index is -0.486. The average molecular weight is 395 g/mol. The third-order valence-electron chi connectivity index (χ3n) is 4.43. The molecule has 3 aromatic heterocycles. The first-order chi connectivity index (χ1) is 13.3. The number of nitrogens with zero attached hydrogens (tertiary/aromatic N) is 4. The summed E-state index contributed by atoms with van der Waals surface area (Å²) in [7, 11) is 0. The standard InChI is InChI=1S/C20H21N5O2S/c1-5-6-7-14-13(4)28-10-15(14)18-23-19-17(22-11-25(19)12(2)3)20(27)24(18)9-8-16(21)26/h1,6-7,10-12H,8-9H2,2-4H3,(H2,21,26)/b7-6-. The number of allylic oxidation sites excluding steroid dienone is 1. The molecule has 0 saturated heterocycles. The van der Waals surface area contributed by atoms with E-state index < -0.39 is 5.91 Å². The number of primary amides is 1. The molecule has 7 nitrogen and oxygen atoms in total. The second kappa shape index (κ2) is 7.82. The number of hydrogen-bond acceptors (Lipinski definition) is 5. The van der Waals surface area contributed by atoms with Crippen molar-refractivity contribution >= 4 is 34.5 Å². The van der Waals surface area contributed by atoms with Crippen molar-refractivity contribution in [3.63, 3.8) is 0 Å². The molecular weight excluding hydrogens is 374 g/mol. The maximum atomic E-state index is 13.2. The molecule has 0 spiro atoms. The monoisotopic (exact) mass is 395 g/mol. The lowest BCUT2D eigenvalue weighted by molar-refractivity contribution is -0.118. The van der Waals surface area contributed by atoms with Crippen LogP contribution in [0, 0.1) is 19.3 Å². The Bertz CT molecular complexity index is 1170. The quantitative estimate of drug-likeness (QED) is 0.649. The van der Waals surface area contributed by atoms with Gasteiger partial charge in [0.15, 0.2) is 11.2 Å². The van der Waals surface area contributed by atoms with E-state index in [2.05, 4.69) is 10.9 Å². The number of amides is 1. The van der Waals surface area contributed by atoms with Crippen molar-refractivity contribution in [1.82, 2.24) is 19.1 Å². The van der Waals surface area contributed by atoms with Crippen LogP contribution < -0.4 is 11.3 Å². The molecule has 144 valence electrons. The molecule has 0 aliphatic carbocycles. The molecule has 28 heavy (non-hydrogen) atoms. The number of carbonyl (C=O) groups is 1. The molecule has 3 aromatic rings. The maximum absolute atomic E-state index is 13.2. The van der Waals surface area contributed by atoms with Crippen LogP contribution in [0.2, 0.25) is 0 Å². The number of imidazole rings is 1. The summed E-state index contributed by atoms with van der Waals surface area (Å²) in [5.74, 6) is 2.48. The van der Waals surface area contributed by atoms with Crippen molar-refractivity contribution in [1.29, 1.82) is 0 Å². The Hall–Kier alpha value is -3.18. The Balaban J connectivity index is 2.33. The van der Waals surface area contributed by atoms with Gasteiger partial charge in [-0.15, -0.1) is 17.8 Å². The molecule has 0 aliphatic heterocycles. The van der Waals surface area contributed by atoms with Crippen LogP contribution in [0.4, 0.5) is 0 Å². The summed E-state index contributed by atoms with van der Waals surface area (Å²) in [5, 5.41) is 1.94. The SMILES string of the molecule is C#C/C=C\c1c(-c2nc3c(ncn3C(C)C)c(=O)n2CCC(N)=O)csc1C. The summed E-state index contributed by atoms with van der Waals surface area (Å²) >= 11 is 1.54. The van der Waals surface area contributed by atoms with E-state index in [-0.39, 0.29) is 30.1 Å². The summed E-state index contributed by atoms with van der Waals surface area (Å²) < 4.78 is 3.33. The molecule has 2 N–H and O–H groups in total. The molecule has 0 radical (unpaired) electrons. The van der Waals surface area contributed by atoms with E-state index in [0.717, 1.165) is 16.0 Å². The lowest BCUT2D eigenvalue weighted by atomic mass is 10.1. The topological polar surface area (TPSA) is 95.8 Å².